The first-order valence-corrected chi connectivity index (χ1v) is 5.86. The molecule has 1 aliphatic heterocycles. The van der Waals surface area contributed by atoms with E-state index in [1.807, 2.05) is 0 Å². The van der Waals surface area contributed by atoms with Gasteiger partial charge in [-0.2, -0.15) is 0 Å². The first kappa shape index (κ1) is 13.1. The molecule has 0 atom stereocenters. The van der Waals surface area contributed by atoms with Crippen molar-refractivity contribution in [3.63, 3.8) is 0 Å². The molecule has 2 rings (SSSR count). The molecule has 100 valence electrons. The fourth-order valence-corrected chi connectivity index (χ4v) is 1.95. The van der Waals surface area contributed by atoms with Gasteiger partial charge in [0.05, 0.1) is 6.42 Å². The van der Waals surface area contributed by atoms with Gasteiger partial charge in [-0.15, -0.1) is 0 Å². The number of carbonyl (C=O) groups excluding carboxylic acids is 2. The molecule has 0 aliphatic carbocycles. The van der Waals surface area contributed by atoms with Crippen molar-refractivity contribution in [3.8, 4) is 0 Å². The van der Waals surface area contributed by atoms with Gasteiger partial charge in [-0.3, -0.25) is 14.4 Å². The number of rotatable bonds is 3. The fraction of sp³-hybridized carbons (Fsp3) is 0.308. The SMILES string of the molecule is CN1CCN(c2ccc(CC(=O)O)cc2)C(=O)C1=O. The molecule has 1 aromatic rings. The largest absolute Gasteiger partial charge is 0.481 e. The van der Waals surface area contributed by atoms with Gasteiger partial charge in [0.2, 0.25) is 0 Å². The second-order valence-electron chi connectivity index (χ2n) is 4.42. The molecule has 1 saturated heterocycles. The predicted molar refractivity (Wildman–Crippen MR) is 67.8 cm³/mol. The van der Waals surface area contributed by atoms with Crippen LogP contribution in [0.15, 0.2) is 24.3 Å². The molecular formula is C13H14N2O4. The number of piperazine rings is 1. The molecule has 6 nitrogen and oxygen atoms in total. The van der Waals surface area contributed by atoms with Crippen LogP contribution in [0.25, 0.3) is 0 Å². The molecule has 6 heteroatoms. The maximum Gasteiger partial charge on any atom is 0.316 e. The Balaban J connectivity index is 2.16. The maximum absolute atomic E-state index is 11.8. The van der Waals surface area contributed by atoms with Crippen molar-refractivity contribution in [2.75, 3.05) is 25.0 Å². The van der Waals surface area contributed by atoms with Gasteiger partial charge in [-0.05, 0) is 17.7 Å². The summed E-state index contributed by atoms with van der Waals surface area (Å²) in [5.74, 6) is -1.99. The normalized spacial score (nSPS) is 15.8. The average molecular weight is 262 g/mol. The van der Waals surface area contributed by atoms with Crippen molar-refractivity contribution in [2.45, 2.75) is 6.42 Å². The zero-order valence-corrected chi connectivity index (χ0v) is 10.5. The van der Waals surface area contributed by atoms with Crippen LogP contribution in [-0.2, 0) is 20.8 Å². The Bertz CT molecular complexity index is 524. The van der Waals surface area contributed by atoms with Crippen LogP contribution in [-0.4, -0.2) is 47.9 Å². The van der Waals surface area contributed by atoms with E-state index in [0.717, 1.165) is 0 Å². The van der Waals surface area contributed by atoms with E-state index in [1.54, 1.807) is 31.3 Å². The van der Waals surface area contributed by atoms with E-state index in [2.05, 4.69) is 0 Å². The van der Waals surface area contributed by atoms with Crippen molar-refractivity contribution in [1.82, 2.24) is 4.90 Å². The van der Waals surface area contributed by atoms with Gasteiger partial charge in [0.25, 0.3) is 0 Å². The van der Waals surface area contributed by atoms with Crippen molar-refractivity contribution in [1.29, 1.82) is 0 Å². The molecule has 0 bridgehead atoms. The Labute approximate surface area is 110 Å². The molecule has 1 N–H and O–H groups in total. The maximum atomic E-state index is 11.8. The van der Waals surface area contributed by atoms with Crippen molar-refractivity contribution in [3.05, 3.63) is 29.8 Å². The minimum atomic E-state index is -0.904. The quantitative estimate of drug-likeness (QED) is 0.785. The predicted octanol–water partition coefficient (Wildman–Crippen LogP) is 0.119. The number of carbonyl (C=O) groups is 3. The van der Waals surface area contributed by atoms with E-state index in [4.69, 9.17) is 5.11 Å². The molecule has 0 saturated carbocycles. The Morgan fingerprint density at radius 3 is 2.37 bits per heavy atom. The van der Waals surface area contributed by atoms with E-state index >= 15 is 0 Å². The first-order valence-electron chi connectivity index (χ1n) is 5.86. The average Bonchev–Trinajstić information content (AvgIpc) is 2.37. The van der Waals surface area contributed by atoms with Gasteiger partial charge < -0.3 is 14.9 Å². The number of hydrogen-bond donors (Lipinski definition) is 1. The van der Waals surface area contributed by atoms with Crippen LogP contribution in [0.4, 0.5) is 5.69 Å². The van der Waals surface area contributed by atoms with Crippen LogP contribution in [0.1, 0.15) is 5.56 Å². The lowest BCUT2D eigenvalue weighted by atomic mass is 10.1. The highest BCUT2D eigenvalue weighted by Gasteiger charge is 2.31. The van der Waals surface area contributed by atoms with Crippen molar-refractivity contribution >= 4 is 23.5 Å². The summed E-state index contributed by atoms with van der Waals surface area (Å²) in [6, 6.07) is 6.63. The molecule has 19 heavy (non-hydrogen) atoms. The van der Waals surface area contributed by atoms with Crippen molar-refractivity contribution in [2.24, 2.45) is 0 Å². The minimum absolute atomic E-state index is 0.0596. The summed E-state index contributed by atoms with van der Waals surface area (Å²) in [5.41, 5.74) is 1.27. The van der Waals surface area contributed by atoms with E-state index in [9.17, 15) is 14.4 Å². The molecule has 2 amide bonds. The van der Waals surface area contributed by atoms with Crippen LogP contribution in [0.3, 0.4) is 0 Å². The number of carboxylic acids is 1. The van der Waals surface area contributed by atoms with Crippen LogP contribution < -0.4 is 4.90 Å². The van der Waals surface area contributed by atoms with Crippen LogP contribution in [0.2, 0.25) is 0 Å². The van der Waals surface area contributed by atoms with Crippen molar-refractivity contribution < 1.29 is 19.5 Å². The third-order valence-electron chi connectivity index (χ3n) is 3.04. The van der Waals surface area contributed by atoms with Gasteiger partial charge in [0, 0.05) is 25.8 Å². The number of likely N-dealkylation sites (N-methyl/N-ethyl adjacent to an activating group) is 1. The summed E-state index contributed by atoms with van der Waals surface area (Å²) < 4.78 is 0. The monoisotopic (exact) mass is 262 g/mol. The first-order chi connectivity index (χ1) is 8.99. The zero-order valence-electron chi connectivity index (χ0n) is 10.5. The summed E-state index contributed by atoms with van der Waals surface area (Å²) in [6.45, 7) is 0.931. The number of amides is 2. The highest BCUT2D eigenvalue weighted by atomic mass is 16.4. The summed E-state index contributed by atoms with van der Waals surface area (Å²) >= 11 is 0. The molecular weight excluding hydrogens is 248 g/mol. The standard InChI is InChI=1S/C13H14N2O4/c1-14-6-7-15(13(19)12(14)18)10-4-2-9(3-5-10)8-11(16)17/h2-5H,6-8H2,1H3,(H,16,17). The number of nitrogens with zero attached hydrogens (tertiary/aromatic N) is 2. The van der Waals surface area contributed by atoms with Gasteiger partial charge in [-0.25, -0.2) is 0 Å². The Morgan fingerprint density at radius 1 is 1.16 bits per heavy atom. The van der Waals surface area contributed by atoms with Crippen LogP contribution in [0.5, 0.6) is 0 Å². The van der Waals surface area contributed by atoms with Gasteiger partial charge in [-0.1, -0.05) is 12.1 Å². The Kier molecular flexibility index (Phi) is 3.50. The summed E-state index contributed by atoms with van der Waals surface area (Å²) in [5, 5.41) is 8.68. The third kappa shape index (κ3) is 2.73. The minimum Gasteiger partial charge on any atom is -0.481 e. The lowest BCUT2D eigenvalue weighted by molar-refractivity contribution is -0.145. The lowest BCUT2D eigenvalue weighted by Crippen LogP contribution is -2.53. The van der Waals surface area contributed by atoms with Gasteiger partial charge in [0.15, 0.2) is 0 Å². The fourth-order valence-electron chi connectivity index (χ4n) is 1.95. The molecule has 1 aromatic carbocycles. The molecule has 1 fully saturated rings. The highest BCUT2D eigenvalue weighted by molar-refractivity contribution is 6.40. The summed E-state index contributed by atoms with van der Waals surface area (Å²) in [4.78, 5) is 36.8. The van der Waals surface area contributed by atoms with Crippen LogP contribution in [0, 0.1) is 0 Å². The molecule has 0 radical (unpaired) electrons. The number of benzene rings is 1. The molecule has 0 unspecified atom stereocenters. The molecule has 1 aliphatic rings. The summed E-state index contributed by atoms with van der Waals surface area (Å²) in [7, 11) is 1.59. The van der Waals surface area contributed by atoms with Crippen LogP contribution >= 0.6 is 0 Å². The highest BCUT2D eigenvalue weighted by Crippen LogP contribution is 2.18. The topological polar surface area (TPSA) is 77.9 Å². The van der Waals surface area contributed by atoms with E-state index < -0.39 is 17.8 Å². The number of hydrogen-bond acceptors (Lipinski definition) is 3. The molecule has 0 aromatic heterocycles. The Hall–Kier alpha value is -2.37. The molecule has 1 heterocycles. The van der Waals surface area contributed by atoms with E-state index in [-0.39, 0.29) is 6.42 Å². The van der Waals surface area contributed by atoms with E-state index in [0.29, 0.717) is 24.3 Å². The lowest BCUT2D eigenvalue weighted by Gasteiger charge is -2.31. The number of aliphatic carboxylic acids is 1. The third-order valence-corrected chi connectivity index (χ3v) is 3.04. The van der Waals surface area contributed by atoms with Gasteiger partial charge in [0.1, 0.15) is 0 Å². The number of carboxylic acid groups (broad SMARTS) is 1. The second-order valence-corrected chi connectivity index (χ2v) is 4.42. The second kappa shape index (κ2) is 5.09. The zero-order chi connectivity index (χ0) is 14.0. The molecule has 0 spiro atoms. The number of anilines is 1. The summed E-state index contributed by atoms with van der Waals surface area (Å²) in [6.07, 6.45) is -0.0596. The smallest absolute Gasteiger partial charge is 0.316 e. The Morgan fingerprint density at radius 2 is 1.79 bits per heavy atom. The van der Waals surface area contributed by atoms with E-state index in [1.165, 1.54) is 9.80 Å². The van der Waals surface area contributed by atoms with Gasteiger partial charge >= 0.3 is 17.8 Å².